The molecule has 0 aliphatic carbocycles. The van der Waals surface area contributed by atoms with Crippen molar-refractivity contribution in [3.63, 3.8) is 0 Å². The largest absolute Gasteiger partial charge is 0.508 e. The Hall–Kier alpha value is -3.14. The van der Waals surface area contributed by atoms with Gasteiger partial charge in [0, 0.05) is 12.8 Å². The SMILES string of the molecule is CC[C@H](C)OC(=O)OCC[C@@](N)(Cc1ccc(OC(=O)CC(C)(C)C)c(OC(=O)CC(C)(C)C)c1)C(=O)OC. The van der Waals surface area contributed by atoms with Crippen molar-refractivity contribution in [2.75, 3.05) is 13.7 Å². The van der Waals surface area contributed by atoms with Crippen molar-refractivity contribution in [2.45, 2.75) is 99.1 Å². The van der Waals surface area contributed by atoms with E-state index in [1.807, 2.05) is 48.5 Å². The number of methoxy groups -OCH3 is 1. The highest BCUT2D eigenvalue weighted by Crippen LogP contribution is 2.33. The average molecular weight is 552 g/mol. The molecule has 0 heterocycles. The molecule has 10 nitrogen and oxygen atoms in total. The number of carbonyl (C=O) groups excluding carboxylic acids is 4. The Bertz CT molecular complexity index is 1010. The molecule has 1 aromatic carbocycles. The Kier molecular flexibility index (Phi) is 12.4. The number of hydrogen-bond donors (Lipinski definition) is 1. The number of esters is 3. The van der Waals surface area contributed by atoms with Crippen LogP contribution < -0.4 is 15.2 Å². The molecular formula is C29H45NO9. The van der Waals surface area contributed by atoms with E-state index in [2.05, 4.69) is 0 Å². The summed E-state index contributed by atoms with van der Waals surface area (Å²) < 4.78 is 26.2. The maximum Gasteiger partial charge on any atom is 0.508 e. The van der Waals surface area contributed by atoms with Gasteiger partial charge in [-0.2, -0.15) is 0 Å². The van der Waals surface area contributed by atoms with E-state index in [0.29, 0.717) is 12.0 Å². The van der Waals surface area contributed by atoms with Crippen LogP contribution in [-0.2, 0) is 35.0 Å². The van der Waals surface area contributed by atoms with E-state index < -0.39 is 29.6 Å². The van der Waals surface area contributed by atoms with Crippen molar-refractivity contribution in [2.24, 2.45) is 16.6 Å². The molecule has 0 saturated heterocycles. The van der Waals surface area contributed by atoms with Crippen LogP contribution in [0.25, 0.3) is 0 Å². The average Bonchev–Trinajstić information content (AvgIpc) is 2.77. The van der Waals surface area contributed by atoms with Crippen LogP contribution in [0.2, 0.25) is 0 Å². The summed E-state index contributed by atoms with van der Waals surface area (Å²) in [4.78, 5) is 49.6. The second-order valence-corrected chi connectivity index (χ2v) is 12.2. The molecule has 1 rings (SSSR count). The zero-order chi connectivity index (χ0) is 30.0. The minimum absolute atomic E-state index is 0.0320. The smallest absolute Gasteiger partial charge is 0.468 e. The standard InChI is InChI=1S/C29H45NO9/c1-10-19(2)37-26(34)36-14-13-29(30,25(33)35-9)16-20-11-12-21(38-23(31)17-27(3,4)5)22(15-20)39-24(32)18-28(6,7)8/h11-12,15,19H,10,13-14,16-18,30H2,1-9H3/t19-,29+/m0/s1. The van der Waals surface area contributed by atoms with Crippen LogP contribution in [0.1, 0.15) is 86.6 Å². The number of nitrogens with two attached hydrogens (primary N) is 1. The Morgan fingerprint density at radius 2 is 1.44 bits per heavy atom. The first kappa shape index (κ1) is 33.9. The van der Waals surface area contributed by atoms with Crippen molar-refractivity contribution in [3.8, 4) is 11.5 Å². The van der Waals surface area contributed by atoms with Crippen LogP contribution in [0, 0.1) is 10.8 Å². The highest BCUT2D eigenvalue weighted by Gasteiger charge is 2.36. The molecule has 0 aliphatic heterocycles. The monoisotopic (exact) mass is 551 g/mol. The molecule has 0 radical (unpaired) electrons. The van der Waals surface area contributed by atoms with Crippen molar-refractivity contribution in [3.05, 3.63) is 23.8 Å². The topological polar surface area (TPSA) is 140 Å². The molecule has 10 heteroatoms. The summed E-state index contributed by atoms with van der Waals surface area (Å²) in [5, 5.41) is 0. The number of carbonyl (C=O) groups is 4. The molecule has 39 heavy (non-hydrogen) atoms. The normalized spacial score (nSPS) is 14.0. The lowest BCUT2D eigenvalue weighted by Crippen LogP contribution is -2.51. The molecule has 220 valence electrons. The van der Waals surface area contributed by atoms with Crippen LogP contribution >= 0.6 is 0 Å². The first-order valence-electron chi connectivity index (χ1n) is 13.1. The Labute approximate surface area is 231 Å². The molecule has 0 aliphatic rings. The van der Waals surface area contributed by atoms with E-state index in [4.69, 9.17) is 29.4 Å². The first-order valence-corrected chi connectivity index (χ1v) is 13.1. The third-order valence-corrected chi connectivity index (χ3v) is 5.56. The summed E-state index contributed by atoms with van der Waals surface area (Å²) >= 11 is 0. The lowest BCUT2D eigenvalue weighted by molar-refractivity contribution is -0.148. The fourth-order valence-electron chi connectivity index (χ4n) is 3.44. The molecule has 0 amide bonds. The van der Waals surface area contributed by atoms with Crippen LogP contribution in [0.4, 0.5) is 4.79 Å². The second-order valence-electron chi connectivity index (χ2n) is 12.2. The number of benzene rings is 1. The molecule has 0 bridgehead atoms. The molecule has 0 saturated carbocycles. The fraction of sp³-hybridized carbons (Fsp3) is 0.655. The predicted molar refractivity (Wildman–Crippen MR) is 145 cm³/mol. The van der Waals surface area contributed by atoms with Gasteiger partial charge in [0.05, 0.1) is 26.6 Å². The summed E-state index contributed by atoms with van der Waals surface area (Å²) in [7, 11) is 1.21. The number of ether oxygens (including phenoxy) is 5. The molecule has 0 fully saturated rings. The minimum Gasteiger partial charge on any atom is -0.468 e. The zero-order valence-corrected chi connectivity index (χ0v) is 24.8. The number of hydrogen-bond acceptors (Lipinski definition) is 10. The van der Waals surface area contributed by atoms with Gasteiger partial charge < -0.3 is 29.4 Å². The van der Waals surface area contributed by atoms with Gasteiger partial charge in [-0.1, -0.05) is 54.5 Å². The summed E-state index contributed by atoms with van der Waals surface area (Å²) in [6.07, 6.45) is -0.359. The quantitative estimate of drug-likeness (QED) is 0.275. The lowest BCUT2D eigenvalue weighted by Gasteiger charge is -2.27. The Morgan fingerprint density at radius 3 is 1.92 bits per heavy atom. The molecule has 0 aromatic heterocycles. The van der Waals surface area contributed by atoms with Crippen LogP contribution in [0.5, 0.6) is 11.5 Å². The van der Waals surface area contributed by atoms with Gasteiger partial charge in [-0.3, -0.25) is 14.4 Å². The maximum atomic E-state index is 12.6. The summed E-state index contributed by atoms with van der Waals surface area (Å²) in [6.45, 7) is 14.8. The van der Waals surface area contributed by atoms with E-state index in [9.17, 15) is 19.2 Å². The van der Waals surface area contributed by atoms with Crippen molar-refractivity contribution < 1.29 is 42.9 Å². The molecule has 2 atom stereocenters. The van der Waals surface area contributed by atoms with E-state index in [1.165, 1.54) is 19.2 Å². The highest BCUT2D eigenvalue weighted by molar-refractivity contribution is 5.81. The van der Waals surface area contributed by atoms with Gasteiger partial charge >= 0.3 is 24.1 Å². The van der Waals surface area contributed by atoms with Gasteiger partial charge in [0.1, 0.15) is 11.6 Å². The third-order valence-electron chi connectivity index (χ3n) is 5.56. The fourth-order valence-corrected chi connectivity index (χ4v) is 3.44. The Balaban J connectivity index is 3.20. The van der Waals surface area contributed by atoms with Gasteiger partial charge in [-0.15, -0.1) is 0 Å². The summed E-state index contributed by atoms with van der Waals surface area (Å²) in [5.74, 6) is -1.59. The molecule has 0 spiro atoms. The third kappa shape index (κ3) is 13.0. The summed E-state index contributed by atoms with van der Waals surface area (Å²) in [6, 6.07) is 4.61. The van der Waals surface area contributed by atoms with E-state index in [0.717, 1.165) is 0 Å². The lowest BCUT2D eigenvalue weighted by atomic mass is 9.88. The Morgan fingerprint density at radius 1 is 0.897 bits per heavy atom. The van der Waals surface area contributed by atoms with Crippen molar-refractivity contribution in [1.82, 2.24) is 0 Å². The summed E-state index contributed by atoms with van der Waals surface area (Å²) in [5.41, 5.74) is 4.74. The van der Waals surface area contributed by atoms with Gasteiger partial charge in [-0.05, 0) is 41.9 Å². The highest BCUT2D eigenvalue weighted by atomic mass is 16.7. The second kappa shape index (κ2) is 14.3. The van der Waals surface area contributed by atoms with Gasteiger partial charge in [0.2, 0.25) is 0 Å². The molecular weight excluding hydrogens is 506 g/mol. The molecule has 2 N–H and O–H groups in total. The first-order chi connectivity index (χ1) is 17.9. The zero-order valence-electron chi connectivity index (χ0n) is 24.8. The predicted octanol–water partition coefficient (Wildman–Crippen LogP) is 5.12. The van der Waals surface area contributed by atoms with Crippen LogP contribution in [-0.4, -0.2) is 49.4 Å². The minimum atomic E-state index is -1.57. The molecule has 1 aromatic rings. The van der Waals surface area contributed by atoms with Crippen molar-refractivity contribution in [1.29, 1.82) is 0 Å². The van der Waals surface area contributed by atoms with Gasteiger partial charge in [0.15, 0.2) is 11.5 Å². The number of rotatable bonds is 12. The van der Waals surface area contributed by atoms with E-state index in [1.54, 1.807) is 13.0 Å². The van der Waals surface area contributed by atoms with Gasteiger partial charge in [-0.25, -0.2) is 4.79 Å². The van der Waals surface area contributed by atoms with E-state index >= 15 is 0 Å². The molecule has 0 unspecified atom stereocenters. The van der Waals surface area contributed by atoms with Crippen LogP contribution in [0.15, 0.2) is 18.2 Å². The van der Waals surface area contributed by atoms with Crippen LogP contribution in [0.3, 0.4) is 0 Å². The van der Waals surface area contributed by atoms with Crippen molar-refractivity contribution >= 4 is 24.1 Å². The van der Waals surface area contributed by atoms with Gasteiger partial charge in [0.25, 0.3) is 0 Å². The maximum absolute atomic E-state index is 12.6. The van der Waals surface area contributed by atoms with E-state index in [-0.39, 0.29) is 60.7 Å².